The fraction of sp³-hybridized carbons (Fsp3) is 0.400. The highest BCUT2D eigenvalue weighted by Crippen LogP contribution is 2.22. The van der Waals surface area contributed by atoms with Gasteiger partial charge in [0.05, 0.1) is 6.20 Å². The summed E-state index contributed by atoms with van der Waals surface area (Å²) in [6.45, 7) is 11.6. The quantitative estimate of drug-likeness (QED) is 0.591. The minimum atomic E-state index is -1.10. The summed E-state index contributed by atoms with van der Waals surface area (Å²) in [5.74, 6) is -0.281. The lowest BCUT2D eigenvalue weighted by Gasteiger charge is -2.15. The fourth-order valence-electron chi connectivity index (χ4n) is 1.99. The molecule has 0 spiro atoms. The third-order valence-corrected chi connectivity index (χ3v) is 4.92. The van der Waals surface area contributed by atoms with Crippen molar-refractivity contribution in [1.29, 1.82) is 0 Å². The van der Waals surface area contributed by atoms with Crippen LogP contribution in [0.5, 0.6) is 0 Å². The number of hydrogen-bond donors (Lipinski definition) is 0. The Bertz CT molecular complexity index is 616. The molecule has 0 aliphatic rings. The largest absolute Gasteiger partial charge is 0.360 e. The van der Waals surface area contributed by atoms with Crippen molar-refractivity contribution in [2.24, 2.45) is 0 Å². The van der Waals surface area contributed by atoms with E-state index in [4.69, 9.17) is 4.74 Å². The van der Waals surface area contributed by atoms with Crippen LogP contribution in [0.4, 0.5) is 4.39 Å². The van der Waals surface area contributed by atoms with Gasteiger partial charge < -0.3 is 4.74 Å². The molecule has 0 saturated carbocycles. The molecule has 2 rings (SSSR count). The molecule has 0 unspecified atom stereocenters. The molecule has 0 aliphatic heterocycles. The van der Waals surface area contributed by atoms with Gasteiger partial charge in [0.2, 0.25) is 0 Å². The van der Waals surface area contributed by atoms with Crippen molar-refractivity contribution in [1.82, 2.24) is 9.78 Å². The highest BCUT2D eigenvalue weighted by Gasteiger charge is 2.13. The summed E-state index contributed by atoms with van der Waals surface area (Å²) in [4.78, 5) is 0. The van der Waals surface area contributed by atoms with E-state index in [2.05, 4.69) is 31.3 Å². The summed E-state index contributed by atoms with van der Waals surface area (Å²) in [5, 5.41) is 4.99. The molecule has 5 heteroatoms. The third-order valence-electron chi connectivity index (χ3n) is 3.22. The maximum absolute atomic E-state index is 14.0. The molecule has 3 nitrogen and oxygen atoms in total. The second-order valence-electron chi connectivity index (χ2n) is 6.10. The van der Waals surface area contributed by atoms with E-state index >= 15 is 0 Å². The lowest BCUT2D eigenvalue weighted by molar-refractivity contribution is 0.0813. The molecule has 2 aromatic rings. The van der Waals surface area contributed by atoms with E-state index in [1.54, 1.807) is 23.0 Å². The molecule has 0 amide bonds. The smallest absolute Gasteiger partial charge is 0.149 e. The first kappa shape index (κ1) is 14.9. The van der Waals surface area contributed by atoms with E-state index in [9.17, 15) is 4.39 Å². The molecular weight excluding hydrogens is 271 g/mol. The Morgan fingerprint density at radius 1 is 1.40 bits per heavy atom. The second kappa shape index (κ2) is 5.89. The minimum Gasteiger partial charge on any atom is -0.360 e. The van der Waals surface area contributed by atoms with Gasteiger partial charge in [-0.2, -0.15) is 5.10 Å². The Hall–Kier alpha value is -1.46. The second-order valence-corrected chi connectivity index (χ2v) is 11.7. The van der Waals surface area contributed by atoms with Gasteiger partial charge in [-0.05, 0) is 17.7 Å². The number of fused-ring (bicyclic) bond motifs is 1. The predicted octanol–water partition coefficient (Wildman–Crippen LogP) is 4.13. The minimum absolute atomic E-state index is 0.281. The molecular formula is C15H21FN2OSi. The average molecular weight is 292 g/mol. The molecule has 1 aromatic heterocycles. The summed E-state index contributed by atoms with van der Waals surface area (Å²) >= 11 is 0. The number of nitrogens with zero attached hydrogens (tertiary/aromatic N) is 2. The first-order valence-electron chi connectivity index (χ1n) is 6.76. The van der Waals surface area contributed by atoms with Crippen LogP contribution in [0.3, 0.4) is 0 Å². The summed E-state index contributed by atoms with van der Waals surface area (Å²) in [6, 6.07) is 4.24. The normalized spacial score (nSPS) is 12.0. The molecule has 20 heavy (non-hydrogen) atoms. The molecule has 0 atom stereocenters. The maximum Gasteiger partial charge on any atom is 0.149 e. The number of ether oxygens (including phenoxy) is 1. The van der Waals surface area contributed by atoms with Gasteiger partial charge in [-0.1, -0.05) is 38.4 Å². The number of aromatic nitrogens is 2. The number of halogens is 1. The van der Waals surface area contributed by atoms with Gasteiger partial charge in [0.1, 0.15) is 18.1 Å². The molecule has 0 fully saturated rings. The zero-order chi connectivity index (χ0) is 14.8. The molecule has 0 aliphatic carbocycles. The molecule has 1 heterocycles. The van der Waals surface area contributed by atoms with Gasteiger partial charge in [0.15, 0.2) is 0 Å². The van der Waals surface area contributed by atoms with Gasteiger partial charge in [-0.25, -0.2) is 9.07 Å². The predicted molar refractivity (Wildman–Crippen MR) is 83.9 cm³/mol. The number of benzene rings is 1. The van der Waals surface area contributed by atoms with Gasteiger partial charge in [-0.3, -0.25) is 0 Å². The van der Waals surface area contributed by atoms with E-state index in [1.807, 2.05) is 0 Å². The number of hydrogen-bond acceptors (Lipinski definition) is 2. The van der Waals surface area contributed by atoms with Crippen LogP contribution in [0.2, 0.25) is 25.7 Å². The fourth-order valence-corrected chi connectivity index (χ4v) is 2.74. The van der Waals surface area contributed by atoms with Crippen LogP contribution in [-0.2, 0) is 11.5 Å². The molecule has 0 N–H and O–H groups in total. The van der Waals surface area contributed by atoms with Crippen molar-refractivity contribution in [3.63, 3.8) is 0 Å². The van der Waals surface area contributed by atoms with Crippen molar-refractivity contribution in [3.05, 3.63) is 36.3 Å². The Morgan fingerprint density at radius 2 is 2.15 bits per heavy atom. The standard InChI is InChI=1S/C15H21FN2OSi/c1-5-12-6-7-14(16)15-13(12)10-17-18(15)11-19-8-9-20(2,3)4/h5-7,10H,1,8-9,11H2,2-4H3. The Morgan fingerprint density at radius 3 is 2.80 bits per heavy atom. The van der Waals surface area contributed by atoms with Crippen LogP contribution >= 0.6 is 0 Å². The lowest BCUT2D eigenvalue weighted by Crippen LogP contribution is -2.22. The number of rotatable bonds is 6. The monoisotopic (exact) mass is 292 g/mol. The van der Waals surface area contributed by atoms with Crippen LogP contribution in [0.1, 0.15) is 5.56 Å². The Balaban J connectivity index is 2.13. The third kappa shape index (κ3) is 3.35. The van der Waals surface area contributed by atoms with Gasteiger partial charge in [0, 0.05) is 20.1 Å². The van der Waals surface area contributed by atoms with E-state index in [-0.39, 0.29) is 12.5 Å². The maximum atomic E-state index is 14.0. The highest BCUT2D eigenvalue weighted by atomic mass is 28.3. The first-order valence-corrected chi connectivity index (χ1v) is 10.5. The molecule has 0 radical (unpaired) electrons. The van der Waals surface area contributed by atoms with Gasteiger partial charge >= 0.3 is 0 Å². The van der Waals surface area contributed by atoms with Crippen LogP contribution in [0, 0.1) is 5.82 Å². The van der Waals surface area contributed by atoms with Gasteiger partial charge in [-0.15, -0.1) is 0 Å². The van der Waals surface area contributed by atoms with E-state index in [0.29, 0.717) is 12.1 Å². The van der Waals surface area contributed by atoms with Crippen LogP contribution < -0.4 is 0 Å². The van der Waals surface area contributed by atoms with E-state index < -0.39 is 8.07 Å². The zero-order valence-corrected chi connectivity index (χ0v) is 13.3. The summed E-state index contributed by atoms with van der Waals surface area (Å²) < 4.78 is 21.2. The van der Waals surface area contributed by atoms with Crippen molar-refractivity contribution in [2.75, 3.05) is 6.61 Å². The molecule has 108 valence electrons. The molecule has 1 aromatic carbocycles. The summed E-state index contributed by atoms with van der Waals surface area (Å²) in [7, 11) is -1.10. The topological polar surface area (TPSA) is 27.1 Å². The van der Waals surface area contributed by atoms with Gasteiger partial charge in [0.25, 0.3) is 0 Å². The summed E-state index contributed by atoms with van der Waals surface area (Å²) in [6.07, 6.45) is 3.37. The Labute approximate surface area is 120 Å². The molecule has 0 bridgehead atoms. The van der Waals surface area contributed by atoms with Crippen molar-refractivity contribution in [2.45, 2.75) is 32.4 Å². The SMILES string of the molecule is C=Cc1ccc(F)c2c1cnn2COCC[Si](C)(C)C. The Kier molecular flexibility index (Phi) is 4.40. The first-order chi connectivity index (χ1) is 9.42. The van der Waals surface area contributed by atoms with Crippen molar-refractivity contribution < 1.29 is 9.13 Å². The van der Waals surface area contributed by atoms with E-state index in [0.717, 1.165) is 17.0 Å². The van der Waals surface area contributed by atoms with Crippen LogP contribution in [-0.4, -0.2) is 24.5 Å². The highest BCUT2D eigenvalue weighted by molar-refractivity contribution is 6.76. The molecule has 0 saturated heterocycles. The van der Waals surface area contributed by atoms with Crippen LogP contribution in [0.25, 0.3) is 17.0 Å². The lowest BCUT2D eigenvalue weighted by atomic mass is 10.1. The van der Waals surface area contributed by atoms with E-state index in [1.165, 1.54) is 6.07 Å². The zero-order valence-electron chi connectivity index (χ0n) is 12.3. The van der Waals surface area contributed by atoms with Crippen molar-refractivity contribution >= 4 is 25.1 Å². The summed E-state index contributed by atoms with van der Waals surface area (Å²) in [5.41, 5.74) is 1.37. The van der Waals surface area contributed by atoms with Crippen LogP contribution in [0.15, 0.2) is 24.9 Å². The van der Waals surface area contributed by atoms with Crippen molar-refractivity contribution in [3.8, 4) is 0 Å². The average Bonchev–Trinajstić information content (AvgIpc) is 2.79.